The van der Waals surface area contributed by atoms with Crippen LogP contribution in [0.25, 0.3) is 0 Å². The maximum Gasteiger partial charge on any atom is 2.00 e. The summed E-state index contributed by atoms with van der Waals surface area (Å²) < 4.78 is 0. The predicted octanol–water partition coefficient (Wildman–Crippen LogP) is -3.69. The molecule has 6 heteroatoms. The first kappa shape index (κ1) is 22.4. The number of carboxylic acids is 2. The van der Waals surface area contributed by atoms with Crippen LogP contribution in [0, 0.1) is 0 Å². The Morgan fingerprint density at radius 2 is 1.00 bits per heavy atom. The van der Waals surface area contributed by atoms with Crippen molar-refractivity contribution in [3.05, 3.63) is 0 Å². The summed E-state index contributed by atoms with van der Waals surface area (Å²) in [5.74, 6) is -2.17. The van der Waals surface area contributed by atoms with Gasteiger partial charge in [0.2, 0.25) is 0 Å². The first-order valence-corrected chi connectivity index (χ1v) is 1.82. The van der Waals surface area contributed by atoms with Gasteiger partial charge < -0.3 is 25.3 Å². The summed E-state index contributed by atoms with van der Waals surface area (Å²) in [6, 6.07) is 0. The molecule has 2 N–H and O–H groups in total. The minimum Gasteiger partial charge on any atom is -0.550 e. The Bertz CT molecular complexity index is 71.6. The van der Waals surface area contributed by atoms with Crippen LogP contribution in [-0.4, -0.2) is 66.3 Å². The zero-order chi connectivity index (χ0) is 7.15. The molecule has 0 aliphatic heterocycles. The summed E-state index contributed by atoms with van der Waals surface area (Å²) in [5.41, 5.74) is 0. The van der Waals surface area contributed by atoms with E-state index in [0.717, 1.165) is 13.8 Å². The van der Waals surface area contributed by atoms with E-state index in [1.165, 1.54) is 0 Å². The van der Waals surface area contributed by atoms with Gasteiger partial charge in [0, 0.05) is 11.9 Å². The van der Waals surface area contributed by atoms with Crippen LogP contribution in [0.4, 0.5) is 0 Å². The van der Waals surface area contributed by atoms with Crippen LogP contribution in [-0.2, 0) is 9.59 Å². The maximum absolute atomic E-state index is 8.89. The van der Waals surface area contributed by atoms with E-state index >= 15 is 0 Å². The number of aliphatic carboxylic acids is 2. The van der Waals surface area contributed by atoms with Gasteiger partial charge in [-0.05, 0) is 13.8 Å². The molecule has 5 nitrogen and oxygen atoms in total. The van der Waals surface area contributed by atoms with Crippen LogP contribution < -0.4 is 10.2 Å². The minimum absolute atomic E-state index is 0. The number of carbonyl (C=O) groups is 2. The van der Waals surface area contributed by atoms with Crippen LogP contribution in [0.1, 0.15) is 13.8 Å². The monoisotopic (exact) mass is 274 g/mol. The van der Waals surface area contributed by atoms with Crippen LogP contribution in [0.3, 0.4) is 0 Å². The summed E-state index contributed by atoms with van der Waals surface area (Å²) in [6.45, 7) is 1.94. The molecule has 0 aromatic rings. The molecule has 0 atom stereocenters. The van der Waals surface area contributed by atoms with Gasteiger partial charge in [0.15, 0.2) is 0 Å². The smallest absolute Gasteiger partial charge is 0.550 e. The third-order valence-electron chi connectivity index (χ3n) is 0. The Hall–Kier alpha value is 0.471. The van der Waals surface area contributed by atoms with E-state index < -0.39 is 11.9 Å². The number of hydrogen-bond acceptors (Lipinski definition) is 4. The molecule has 0 fully saturated rings. The van der Waals surface area contributed by atoms with Crippen molar-refractivity contribution in [3.8, 4) is 0 Å². The molecule has 0 amide bonds. The number of carboxylic acid groups (broad SMARTS) is 2. The van der Waals surface area contributed by atoms with Gasteiger partial charge in [0.1, 0.15) is 0 Å². The van der Waals surface area contributed by atoms with Gasteiger partial charge in [0.25, 0.3) is 0 Å². The van der Waals surface area contributed by atoms with Gasteiger partial charge in [-0.3, -0.25) is 0 Å². The molecule has 0 saturated carbocycles. The standard InChI is InChI=1S/2C2H4O2.Ba.H2O/c2*1-2(3)4;;/h2*1H3,(H,3,4);;1H2/q;;+2;/p-2. The van der Waals surface area contributed by atoms with Gasteiger partial charge in [-0.2, -0.15) is 0 Å². The Morgan fingerprint density at radius 3 is 1.00 bits per heavy atom. The molecule has 0 unspecified atom stereocenters. The zero-order valence-electron chi connectivity index (χ0n) is 5.84. The number of rotatable bonds is 0. The van der Waals surface area contributed by atoms with Crippen molar-refractivity contribution in [1.82, 2.24) is 0 Å². The molecule has 0 heterocycles. The molecule has 0 radical (unpaired) electrons. The second kappa shape index (κ2) is 16.2. The second-order valence-electron chi connectivity index (χ2n) is 0.983. The summed E-state index contributed by atoms with van der Waals surface area (Å²) in [6.07, 6.45) is 0. The molecule has 0 spiro atoms. The van der Waals surface area contributed by atoms with Gasteiger partial charge in [-0.1, -0.05) is 0 Å². The van der Waals surface area contributed by atoms with Crippen molar-refractivity contribution in [2.24, 2.45) is 0 Å². The summed E-state index contributed by atoms with van der Waals surface area (Å²) in [4.78, 5) is 17.8. The van der Waals surface area contributed by atoms with Crippen molar-refractivity contribution < 1.29 is 25.3 Å². The van der Waals surface area contributed by atoms with Gasteiger partial charge in [-0.15, -0.1) is 0 Å². The van der Waals surface area contributed by atoms with E-state index in [-0.39, 0.29) is 54.4 Å². The fourth-order valence-electron chi connectivity index (χ4n) is 0. The molecule has 0 saturated heterocycles. The van der Waals surface area contributed by atoms with E-state index in [1.54, 1.807) is 0 Å². The SMILES string of the molecule is CC(=O)[O-].CC(=O)[O-].O.[Ba+2]. The minimum atomic E-state index is -1.08. The topological polar surface area (TPSA) is 112 Å². The Morgan fingerprint density at radius 1 is 1.00 bits per heavy atom. The molecular weight excluding hydrogens is 265 g/mol. The van der Waals surface area contributed by atoms with E-state index in [0.29, 0.717) is 0 Å². The third-order valence-corrected chi connectivity index (χ3v) is 0. The van der Waals surface area contributed by atoms with Crippen molar-refractivity contribution in [1.29, 1.82) is 0 Å². The van der Waals surface area contributed by atoms with Crippen LogP contribution in [0.2, 0.25) is 0 Å². The van der Waals surface area contributed by atoms with Gasteiger partial charge in [-0.25, -0.2) is 0 Å². The Kier molecular flexibility index (Phi) is 36.4. The van der Waals surface area contributed by atoms with Crippen LogP contribution in [0.15, 0.2) is 0 Å². The molecule has 0 aliphatic rings. The average molecular weight is 273 g/mol. The first-order chi connectivity index (χ1) is 3.46. The van der Waals surface area contributed by atoms with Crippen molar-refractivity contribution >= 4 is 60.8 Å². The van der Waals surface area contributed by atoms with E-state index in [9.17, 15) is 0 Å². The van der Waals surface area contributed by atoms with Crippen LogP contribution in [0.5, 0.6) is 0 Å². The number of carbonyl (C=O) groups excluding carboxylic acids is 2. The summed E-state index contributed by atoms with van der Waals surface area (Å²) >= 11 is 0. The van der Waals surface area contributed by atoms with Crippen LogP contribution >= 0.6 is 0 Å². The Balaban J connectivity index is -0.0000000300. The Labute approximate surface area is 98.8 Å². The first-order valence-electron chi connectivity index (χ1n) is 1.82. The quantitative estimate of drug-likeness (QED) is 0.423. The summed E-state index contributed by atoms with van der Waals surface area (Å²) in [7, 11) is 0. The van der Waals surface area contributed by atoms with Gasteiger partial charge in [0.05, 0.1) is 0 Å². The molecule has 0 aliphatic carbocycles. The second-order valence-corrected chi connectivity index (χ2v) is 0.983. The summed E-state index contributed by atoms with van der Waals surface area (Å²) in [5, 5.41) is 17.8. The maximum atomic E-state index is 8.89. The average Bonchev–Trinajstić information content (AvgIpc) is 1.25. The van der Waals surface area contributed by atoms with E-state index in [4.69, 9.17) is 19.8 Å². The molecule has 0 aromatic carbocycles. The molecule has 56 valence electrons. The molecule has 0 aromatic heterocycles. The molecule has 0 bridgehead atoms. The van der Waals surface area contributed by atoms with Crippen molar-refractivity contribution in [2.75, 3.05) is 0 Å². The fraction of sp³-hybridized carbons (Fsp3) is 0.500. The molecular formula is C4H8BaO5. The van der Waals surface area contributed by atoms with Crippen molar-refractivity contribution in [3.63, 3.8) is 0 Å². The van der Waals surface area contributed by atoms with Gasteiger partial charge >= 0.3 is 48.9 Å². The fourth-order valence-corrected chi connectivity index (χ4v) is 0. The molecule has 0 rings (SSSR count). The van der Waals surface area contributed by atoms with Crippen molar-refractivity contribution in [2.45, 2.75) is 13.8 Å². The largest absolute Gasteiger partial charge is 2.00 e. The van der Waals surface area contributed by atoms with E-state index in [1.807, 2.05) is 0 Å². The third kappa shape index (κ3) is 2130. The van der Waals surface area contributed by atoms with E-state index in [2.05, 4.69) is 0 Å². The normalized spacial score (nSPS) is 5.00. The molecule has 10 heavy (non-hydrogen) atoms. The zero-order valence-corrected chi connectivity index (χ0v) is 10.3. The predicted molar refractivity (Wildman–Crippen MR) is 30.7 cm³/mol. The number of hydrogen-bond donors (Lipinski definition) is 0.